The average molecular weight is 220 g/mol. The molecule has 1 aliphatic carbocycles. The molecule has 2 unspecified atom stereocenters. The SMILES string of the molecule is Cc1cc(NN)nc(C2CCCC(C)C2)n1. The van der Waals surface area contributed by atoms with Crippen LogP contribution in [0.3, 0.4) is 0 Å². The molecule has 4 nitrogen and oxygen atoms in total. The first-order valence-electron chi connectivity index (χ1n) is 6.01. The minimum atomic E-state index is 0.510. The topological polar surface area (TPSA) is 63.8 Å². The van der Waals surface area contributed by atoms with Crippen molar-refractivity contribution < 1.29 is 0 Å². The van der Waals surface area contributed by atoms with E-state index in [-0.39, 0.29) is 0 Å². The van der Waals surface area contributed by atoms with Crippen molar-refractivity contribution in [2.75, 3.05) is 5.43 Å². The van der Waals surface area contributed by atoms with Gasteiger partial charge < -0.3 is 5.43 Å². The first kappa shape index (κ1) is 11.3. The van der Waals surface area contributed by atoms with Crippen molar-refractivity contribution in [1.29, 1.82) is 0 Å². The summed E-state index contributed by atoms with van der Waals surface area (Å²) in [5.41, 5.74) is 3.59. The zero-order chi connectivity index (χ0) is 11.5. The van der Waals surface area contributed by atoms with Crippen LogP contribution in [0.2, 0.25) is 0 Å². The van der Waals surface area contributed by atoms with E-state index in [1.807, 2.05) is 13.0 Å². The van der Waals surface area contributed by atoms with Crippen LogP contribution in [0.5, 0.6) is 0 Å². The number of hydrogen-bond acceptors (Lipinski definition) is 4. The maximum absolute atomic E-state index is 5.40. The molecule has 1 aliphatic rings. The molecule has 1 aromatic rings. The summed E-state index contributed by atoms with van der Waals surface area (Å²) in [4.78, 5) is 9.00. The number of hydrazine groups is 1. The van der Waals surface area contributed by atoms with E-state index in [0.29, 0.717) is 5.92 Å². The number of nitrogens with two attached hydrogens (primary N) is 1. The fourth-order valence-corrected chi connectivity index (χ4v) is 2.52. The fourth-order valence-electron chi connectivity index (χ4n) is 2.52. The Morgan fingerprint density at radius 3 is 2.88 bits per heavy atom. The van der Waals surface area contributed by atoms with Gasteiger partial charge >= 0.3 is 0 Å². The summed E-state index contributed by atoms with van der Waals surface area (Å²) in [5.74, 6) is 8.38. The highest BCUT2D eigenvalue weighted by molar-refractivity contribution is 5.34. The van der Waals surface area contributed by atoms with E-state index in [1.165, 1.54) is 25.7 Å². The van der Waals surface area contributed by atoms with E-state index in [0.717, 1.165) is 23.3 Å². The van der Waals surface area contributed by atoms with Gasteiger partial charge in [-0.25, -0.2) is 15.8 Å². The average Bonchev–Trinajstić information content (AvgIpc) is 2.28. The summed E-state index contributed by atoms with van der Waals surface area (Å²) in [5, 5.41) is 0. The number of aryl methyl sites for hydroxylation is 1. The second kappa shape index (κ2) is 4.78. The standard InChI is InChI=1S/C12H20N4/c1-8-4-3-5-10(6-8)12-14-9(2)7-11(15-12)16-13/h7-8,10H,3-6,13H2,1-2H3,(H,14,15,16). The molecule has 0 bridgehead atoms. The molecular weight excluding hydrogens is 200 g/mol. The summed E-state index contributed by atoms with van der Waals surface area (Å²) in [7, 11) is 0. The van der Waals surface area contributed by atoms with Gasteiger partial charge in [0.05, 0.1) is 0 Å². The van der Waals surface area contributed by atoms with E-state index >= 15 is 0 Å². The molecule has 0 amide bonds. The number of nitrogens with zero attached hydrogens (tertiary/aromatic N) is 2. The van der Waals surface area contributed by atoms with Crippen molar-refractivity contribution in [3.63, 3.8) is 0 Å². The third-order valence-corrected chi connectivity index (χ3v) is 3.32. The summed E-state index contributed by atoms with van der Waals surface area (Å²) in [6.45, 7) is 4.29. The Morgan fingerprint density at radius 1 is 1.38 bits per heavy atom. The lowest BCUT2D eigenvalue weighted by molar-refractivity contribution is 0.335. The Balaban J connectivity index is 2.21. The molecule has 0 saturated heterocycles. The molecule has 3 N–H and O–H groups in total. The van der Waals surface area contributed by atoms with Crippen molar-refractivity contribution in [3.05, 3.63) is 17.6 Å². The highest BCUT2D eigenvalue weighted by Crippen LogP contribution is 2.34. The van der Waals surface area contributed by atoms with Gasteiger partial charge in [0, 0.05) is 17.7 Å². The van der Waals surface area contributed by atoms with Crippen LogP contribution < -0.4 is 11.3 Å². The van der Waals surface area contributed by atoms with Gasteiger partial charge in [-0.15, -0.1) is 0 Å². The Bertz CT molecular complexity index is 364. The molecule has 16 heavy (non-hydrogen) atoms. The summed E-state index contributed by atoms with van der Waals surface area (Å²) in [6, 6.07) is 1.87. The molecule has 0 spiro atoms. The van der Waals surface area contributed by atoms with Crippen LogP contribution >= 0.6 is 0 Å². The van der Waals surface area contributed by atoms with Crippen molar-refractivity contribution in [2.24, 2.45) is 11.8 Å². The quantitative estimate of drug-likeness (QED) is 0.593. The van der Waals surface area contributed by atoms with Crippen LogP contribution in [0, 0.1) is 12.8 Å². The molecule has 4 heteroatoms. The molecule has 88 valence electrons. The van der Waals surface area contributed by atoms with Crippen LogP contribution in [0.25, 0.3) is 0 Å². The molecule has 2 rings (SSSR count). The molecule has 1 fully saturated rings. The normalized spacial score (nSPS) is 25.4. The van der Waals surface area contributed by atoms with E-state index in [1.54, 1.807) is 0 Å². The summed E-state index contributed by atoms with van der Waals surface area (Å²) >= 11 is 0. The monoisotopic (exact) mass is 220 g/mol. The maximum Gasteiger partial charge on any atom is 0.143 e. The van der Waals surface area contributed by atoms with Crippen LogP contribution in [0.15, 0.2) is 6.07 Å². The predicted octanol–water partition coefficient (Wildman–Crippen LogP) is 2.36. The lowest BCUT2D eigenvalue weighted by atomic mass is 9.82. The number of nitrogen functional groups attached to an aromatic ring is 1. The number of anilines is 1. The Kier molecular flexibility index (Phi) is 3.39. The van der Waals surface area contributed by atoms with Gasteiger partial charge in [-0.3, -0.25) is 0 Å². The molecule has 0 aliphatic heterocycles. The van der Waals surface area contributed by atoms with Crippen LogP contribution in [0.4, 0.5) is 5.82 Å². The van der Waals surface area contributed by atoms with E-state index in [4.69, 9.17) is 5.84 Å². The van der Waals surface area contributed by atoms with Gasteiger partial charge in [0.1, 0.15) is 11.6 Å². The molecule has 2 atom stereocenters. The Morgan fingerprint density at radius 2 is 2.19 bits per heavy atom. The summed E-state index contributed by atoms with van der Waals surface area (Å²) < 4.78 is 0. The Labute approximate surface area is 96.6 Å². The lowest BCUT2D eigenvalue weighted by Crippen LogP contribution is -2.17. The smallest absolute Gasteiger partial charge is 0.143 e. The summed E-state index contributed by atoms with van der Waals surface area (Å²) in [6.07, 6.45) is 5.03. The number of hydrogen-bond donors (Lipinski definition) is 2. The van der Waals surface area contributed by atoms with Crippen molar-refractivity contribution in [2.45, 2.75) is 45.4 Å². The van der Waals surface area contributed by atoms with Crippen LogP contribution in [0.1, 0.15) is 50.0 Å². The highest BCUT2D eigenvalue weighted by atomic mass is 15.3. The maximum atomic E-state index is 5.40. The zero-order valence-corrected chi connectivity index (χ0v) is 10.0. The van der Waals surface area contributed by atoms with Crippen LogP contribution in [-0.2, 0) is 0 Å². The lowest BCUT2D eigenvalue weighted by Gasteiger charge is -2.25. The van der Waals surface area contributed by atoms with Gasteiger partial charge in [0.25, 0.3) is 0 Å². The number of aromatic nitrogens is 2. The van der Waals surface area contributed by atoms with E-state index in [2.05, 4.69) is 22.3 Å². The first-order valence-corrected chi connectivity index (χ1v) is 6.01. The molecule has 0 aromatic carbocycles. The molecule has 1 aromatic heterocycles. The molecular formula is C12H20N4. The molecule has 0 radical (unpaired) electrons. The fraction of sp³-hybridized carbons (Fsp3) is 0.667. The van der Waals surface area contributed by atoms with Crippen molar-refractivity contribution in [1.82, 2.24) is 9.97 Å². The van der Waals surface area contributed by atoms with Gasteiger partial charge in [-0.2, -0.15) is 0 Å². The van der Waals surface area contributed by atoms with Crippen molar-refractivity contribution >= 4 is 5.82 Å². The van der Waals surface area contributed by atoms with Gasteiger partial charge in [0.2, 0.25) is 0 Å². The molecule has 1 heterocycles. The number of nitrogens with one attached hydrogen (secondary N) is 1. The Hall–Kier alpha value is -1.16. The van der Waals surface area contributed by atoms with E-state index in [9.17, 15) is 0 Å². The second-order valence-corrected chi connectivity index (χ2v) is 4.87. The van der Waals surface area contributed by atoms with Crippen LogP contribution in [-0.4, -0.2) is 9.97 Å². The highest BCUT2D eigenvalue weighted by Gasteiger charge is 2.22. The third-order valence-electron chi connectivity index (χ3n) is 3.32. The minimum Gasteiger partial charge on any atom is -0.308 e. The number of rotatable bonds is 2. The third kappa shape index (κ3) is 2.50. The largest absolute Gasteiger partial charge is 0.308 e. The zero-order valence-electron chi connectivity index (χ0n) is 10.0. The second-order valence-electron chi connectivity index (χ2n) is 4.87. The molecule has 1 saturated carbocycles. The predicted molar refractivity (Wildman–Crippen MR) is 65.0 cm³/mol. The minimum absolute atomic E-state index is 0.510. The van der Waals surface area contributed by atoms with Gasteiger partial charge in [0.15, 0.2) is 0 Å². The van der Waals surface area contributed by atoms with Gasteiger partial charge in [-0.1, -0.05) is 19.8 Å². The van der Waals surface area contributed by atoms with Gasteiger partial charge in [-0.05, 0) is 25.7 Å². The first-order chi connectivity index (χ1) is 7.69. The van der Waals surface area contributed by atoms with E-state index < -0.39 is 0 Å². The van der Waals surface area contributed by atoms with Crippen molar-refractivity contribution in [3.8, 4) is 0 Å².